The smallest absolute Gasteiger partial charge is 0.0266 e. The molecule has 0 heteroatoms. The summed E-state index contributed by atoms with van der Waals surface area (Å²) in [6, 6.07) is 0. The predicted molar refractivity (Wildman–Crippen MR) is 51.0 cm³/mol. The van der Waals surface area contributed by atoms with Crippen LogP contribution in [0.5, 0.6) is 0 Å². The zero-order valence-electron chi connectivity index (χ0n) is 8.02. The van der Waals surface area contributed by atoms with Crippen molar-refractivity contribution < 1.29 is 0 Å². The molecule has 1 spiro atoms. The van der Waals surface area contributed by atoms with E-state index in [1.807, 2.05) is 0 Å². The molecule has 0 radical (unpaired) electrons. The average Bonchev–Trinajstić information content (AvgIpc) is 2.85. The van der Waals surface area contributed by atoms with Crippen LogP contribution in [-0.2, 0) is 0 Å². The molecule has 0 amide bonds. The Bertz CT molecular complexity index is 172. The van der Waals surface area contributed by atoms with Gasteiger partial charge in [-0.25, -0.2) is 0 Å². The predicted octanol–water partition coefficient (Wildman–Crippen LogP) is 3.76. The summed E-state index contributed by atoms with van der Waals surface area (Å²) in [6.45, 7) is 0. The fourth-order valence-corrected chi connectivity index (χ4v) is 3.77. The Hall–Kier alpha value is 0. The SMILES string of the molecule is C1CCC(C2CCC23CC3)CC1. The van der Waals surface area contributed by atoms with E-state index in [9.17, 15) is 0 Å². The molecule has 68 valence electrons. The summed E-state index contributed by atoms with van der Waals surface area (Å²) in [5, 5.41) is 0. The highest BCUT2D eigenvalue weighted by molar-refractivity contribution is 5.07. The van der Waals surface area contributed by atoms with Crippen molar-refractivity contribution in [2.45, 2.75) is 57.8 Å². The molecule has 0 bridgehead atoms. The maximum Gasteiger partial charge on any atom is -0.0266 e. The van der Waals surface area contributed by atoms with E-state index in [2.05, 4.69) is 0 Å². The minimum absolute atomic E-state index is 0.946. The molecule has 0 aliphatic heterocycles. The second kappa shape index (κ2) is 2.49. The lowest BCUT2D eigenvalue weighted by atomic mass is 9.61. The second-order valence-electron chi connectivity index (χ2n) is 5.41. The molecule has 3 rings (SSSR count). The molecule has 0 aromatic carbocycles. The zero-order valence-corrected chi connectivity index (χ0v) is 8.02. The molecule has 0 aromatic heterocycles. The molecule has 3 aliphatic carbocycles. The van der Waals surface area contributed by atoms with Crippen LogP contribution in [0.4, 0.5) is 0 Å². The van der Waals surface area contributed by atoms with E-state index in [0.29, 0.717) is 0 Å². The van der Waals surface area contributed by atoms with Gasteiger partial charge in [-0.3, -0.25) is 0 Å². The molecule has 0 heterocycles. The molecule has 0 saturated heterocycles. The van der Waals surface area contributed by atoms with E-state index in [0.717, 1.165) is 11.3 Å². The van der Waals surface area contributed by atoms with E-state index in [1.54, 1.807) is 38.5 Å². The van der Waals surface area contributed by atoms with Crippen molar-refractivity contribution in [1.82, 2.24) is 0 Å². The summed E-state index contributed by atoms with van der Waals surface area (Å²) in [7, 11) is 0. The minimum atomic E-state index is 0.946. The maximum atomic E-state index is 1.59. The highest BCUT2D eigenvalue weighted by Crippen LogP contribution is 2.67. The van der Waals surface area contributed by atoms with Gasteiger partial charge in [-0.1, -0.05) is 32.1 Å². The third-order valence-electron chi connectivity index (χ3n) is 4.85. The Kier molecular flexibility index (Phi) is 1.54. The topological polar surface area (TPSA) is 0 Å². The first-order valence-corrected chi connectivity index (χ1v) is 5.91. The van der Waals surface area contributed by atoms with Gasteiger partial charge in [-0.05, 0) is 42.9 Å². The highest BCUT2D eigenvalue weighted by atomic mass is 14.6. The van der Waals surface area contributed by atoms with Crippen molar-refractivity contribution in [2.75, 3.05) is 0 Å². The molecule has 12 heavy (non-hydrogen) atoms. The van der Waals surface area contributed by atoms with Gasteiger partial charge in [0.25, 0.3) is 0 Å². The van der Waals surface area contributed by atoms with Crippen LogP contribution in [0.1, 0.15) is 57.8 Å². The monoisotopic (exact) mass is 164 g/mol. The van der Waals surface area contributed by atoms with Crippen LogP contribution in [-0.4, -0.2) is 0 Å². The quantitative estimate of drug-likeness (QED) is 0.553. The summed E-state index contributed by atoms with van der Waals surface area (Å²) in [5.74, 6) is 2.35. The van der Waals surface area contributed by atoms with Gasteiger partial charge >= 0.3 is 0 Å². The first kappa shape index (κ1) is 7.41. The second-order valence-corrected chi connectivity index (χ2v) is 5.41. The van der Waals surface area contributed by atoms with Gasteiger partial charge in [0.1, 0.15) is 0 Å². The van der Waals surface area contributed by atoms with Gasteiger partial charge in [0.2, 0.25) is 0 Å². The molecule has 1 unspecified atom stereocenters. The van der Waals surface area contributed by atoms with Crippen LogP contribution in [0.3, 0.4) is 0 Å². The molecule has 0 nitrogen and oxygen atoms in total. The Morgan fingerprint density at radius 2 is 1.50 bits per heavy atom. The molecule has 3 fully saturated rings. The van der Waals surface area contributed by atoms with Crippen molar-refractivity contribution in [1.29, 1.82) is 0 Å². The third kappa shape index (κ3) is 0.963. The van der Waals surface area contributed by atoms with Crippen molar-refractivity contribution in [3.05, 3.63) is 0 Å². The van der Waals surface area contributed by atoms with Gasteiger partial charge in [-0.2, -0.15) is 0 Å². The van der Waals surface area contributed by atoms with Crippen LogP contribution in [0.25, 0.3) is 0 Å². The van der Waals surface area contributed by atoms with Crippen LogP contribution >= 0.6 is 0 Å². The lowest BCUT2D eigenvalue weighted by Crippen LogP contribution is -2.35. The summed E-state index contributed by atoms with van der Waals surface area (Å²) < 4.78 is 0. The van der Waals surface area contributed by atoms with Gasteiger partial charge in [0.05, 0.1) is 0 Å². The van der Waals surface area contributed by atoms with E-state index >= 15 is 0 Å². The Balaban J connectivity index is 1.64. The third-order valence-corrected chi connectivity index (χ3v) is 4.85. The standard InChI is InChI=1S/C12H20/c1-2-4-10(5-3-1)11-6-7-12(11)8-9-12/h10-11H,1-9H2. The van der Waals surface area contributed by atoms with Crippen molar-refractivity contribution in [2.24, 2.45) is 17.3 Å². The first-order chi connectivity index (χ1) is 5.91. The summed E-state index contributed by atoms with van der Waals surface area (Å²) in [6.07, 6.45) is 14.1. The van der Waals surface area contributed by atoms with Crippen LogP contribution in [0.15, 0.2) is 0 Å². The largest absolute Gasteiger partial charge is 0.0533 e. The van der Waals surface area contributed by atoms with E-state index in [-0.39, 0.29) is 0 Å². The van der Waals surface area contributed by atoms with Crippen molar-refractivity contribution in [3.8, 4) is 0 Å². The molecule has 3 saturated carbocycles. The van der Waals surface area contributed by atoms with Crippen LogP contribution in [0, 0.1) is 17.3 Å². The Labute approximate surface area is 75.7 Å². The van der Waals surface area contributed by atoms with E-state index < -0.39 is 0 Å². The highest BCUT2D eigenvalue weighted by Gasteiger charge is 2.57. The van der Waals surface area contributed by atoms with Crippen molar-refractivity contribution in [3.63, 3.8) is 0 Å². The molecular weight excluding hydrogens is 144 g/mol. The molecule has 0 aromatic rings. The lowest BCUT2D eigenvalue weighted by Gasteiger charge is -2.44. The lowest BCUT2D eigenvalue weighted by molar-refractivity contribution is 0.0588. The number of rotatable bonds is 1. The Morgan fingerprint density at radius 1 is 0.750 bits per heavy atom. The fraction of sp³-hybridized carbons (Fsp3) is 1.00. The zero-order chi connectivity index (χ0) is 8.02. The maximum absolute atomic E-state index is 1.59. The molecule has 1 atom stereocenters. The van der Waals surface area contributed by atoms with Gasteiger partial charge in [0.15, 0.2) is 0 Å². The number of hydrogen-bond donors (Lipinski definition) is 0. The van der Waals surface area contributed by atoms with Gasteiger partial charge in [-0.15, -0.1) is 0 Å². The number of hydrogen-bond acceptors (Lipinski definition) is 0. The van der Waals surface area contributed by atoms with Gasteiger partial charge in [0, 0.05) is 0 Å². The summed E-state index contributed by atoms with van der Waals surface area (Å²) in [5.41, 5.74) is 0.946. The van der Waals surface area contributed by atoms with Crippen LogP contribution < -0.4 is 0 Å². The van der Waals surface area contributed by atoms with E-state index in [1.165, 1.54) is 25.2 Å². The molecule has 3 aliphatic rings. The normalized spacial score (nSPS) is 39.5. The summed E-state index contributed by atoms with van der Waals surface area (Å²) >= 11 is 0. The molecular formula is C12H20. The van der Waals surface area contributed by atoms with Crippen LogP contribution in [0.2, 0.25) is 0 Å². The average molecular weight is 164 g/mol. The van der Waals surface area contributed by atoms with E-state index in [4.69, 9.17) is 0 Å². The fourth-order valence-electron chi connectivity index (χ4n) is 3.77. The Morgan fingerprint density at radius 3 is 2.00 bits per heavy atom. The minimum Gasteiger partial charge on any atom is -0.0533 e. The summed E-state index contributed by atoms with van der Waals surface area (Å²) in [4.78, 5) is 0. The van der Waals surface area contributed by atoms with Gasteiger partial charge < -0.3 is 0 Å². The van der Waals surface area contributed by atoms with Crippen molar-refractivity contribution >= 4 is 0 Å². The molecule has 0 N–H and O–H groups in total. The first-order valence-electron chi connectivity index (χ1n) is 5.91.